The minimum atomic E-state index is -0.291. The number of aliphatic imine (C=N–C) groups is 1. The van der Waals surface area contributed by atoms with E-state index >= 15 is 0 Å². The van der Waals surface area contributed by atoms with Gasteiger partial charge in [-0.3, -0.25) is 4.99 Å². The standard InChI is InChI=1S/C10H16ClNO2/c1-2-3-6-14-10(13)9-5-4-8(7-11)12-9/h9H,2-7H2,1H3. The predicted octanol–water partition coefficient (Wildman–Crippen LogP) is 2.17. The average molecular weight is 218 g/mol. The van der Waals surface area contributed by atoms with E-state index in [-0.39, 0.29) is 12.0 Å². The molecule has 1 heterocycles. The van der Waals surface area contributed by atoms with Crippen LogP contribution in [0.1, 0.15) is 32.6 Å². The molecule has 1 atom stereocenters. The highest BCUT2D eigenvalue weighted by atomic mass is 35.5. The van der Waals surface area contributed by atoms with E-state index in [0.717, 1.165) is 31.4 Å². The number of unbranched alkanes of at least 4 members (excludes halogenated alkanes) is 1. The van der Waals surface area contributed by atoms with Crippen molar-refractivity contribution in [2.24, 2.45) is 4.99 Å². The van der Waals surface area contributed by atoms with E-state index in [4.69, 9.17) is 16.3 Å². The first kappa shape index (κ1) is 11.5. The van der Waals surface area contributed by atoms with Crippen LogP contribution >= 0.6 is 11.6 Å². The molecule has 1 rings (SSSR count). The fourth-order valence-corrected chi connectivity index (χ4v) is 1.54. The van der Waals surface area contributed by atoms with Crippen molar-refractivity contribution in [1.82, 2.24) is 0 Å². The Bertz CT molecular complexity index is 228. The zero-order valence-electron chi connectivity index (χ0n) is 8.46. The van der Waals surface area contributed by atoms with Crippen LogP contribution < -0.4 is 0 Å². The molecule has 14 heavy (non-hydrogen) atoms. The second-order valence-electron chi connectivity index (χ2n) is 3.40. The maximum absolute atomic E-state index is 11.4. The second-order valence-corrected chi connectivity index (χ2v) is 3.67. The number of halogens is 1. The lowest BCUT2D eigenvalue weighted by Crippen LogP contribution is -2.19. The van der Waals surface area contributed by atoms with E-state index in [2.05, 4.69) is 11.9 Å². The number of rotatable bonds is 5. The third kappa shape index (κ3) is 3.29. The first-order valence-electron chi connectivity index (χ1n) is 5.06. The fraction of sp³-hybridized carbons (Fsp3) is 0.800. The monoisotopic (exact) mass is 217 g/mol. The predicted molar refractivity (Wildman–Crippen MR) is 57.0 cm³/mol. The Kier molecular flexibility index (Phi) is 4.94. The number of hydrogen-bond acceptors (Lipinski definition) is 3. The quantitative estimate of drug-likeness (QED) is 0.402. The Labute approximate surface area is 89.5 Å². The Morgan fingerprint density at radius 1 is 1.71 bits per heavy atom. The third-order valence-electron chi connectivity index (χ3n) is 2.21. The van der Waals surface area contributed by atoms with Crippen molar-refractivity contribution < 1.29 is 9.53 Å². The van der Waals surface area contributed by atoms with Crippen molar-refractivity contribution in [1.29, 1.82) is 0 Å². The van der Waals surface area contributed by atoms with Crippen LogP contribution in [0.15, 0.2) is 4.99 Å². The van der Waals surface area contributed by atoms with Gasteiger partial charge < -0.3 is 4.74 Å². The Morgan fingerprint density at radius 3 is 3.07 bits per heavy atom. The first-order chi connectivity index (χ1) is 6.77. The number of alkyl halides is 1. The Morgan fingerprint density at radius 2 is 2.50 bits per heavy atom. The van der Waals surface area contributed by atoms with Crippen LogP contribution in [0.4, 0.5) is 0 Å². The summed E-state index contributed by atoms with van der Waals surface area (Å²) in [6.45, 7) is 2.57. The molecule has 80 valence electrons. The second kappa shape index (κ2) is 6.02. The van der Waals surface area contributed by atoms with Crippen molar-refractivity contribution in [2.45, 2.75) is 38.6 Å². The summed E-state index contributed by atoms with van der Waals surface area (Å²) < 4.78 is 5.07. The summed E-state index contributed by atoms with van der Waals surface area (Å²) in [5, 5.41) is 0. The Hall–Kier alpha value is -0.570. The van der Waals surface area contributed by atoms with Crippen LogP contribution in [0.3, 0.4) is 0 Å². The lowest BCUT2D eigenvalue weighted by molar-refractivity contribution is -0.145. The van der Waals surface area contributed by atoms with Gasteiger partial charge in [0.05, 0.1) is 12.5 Å². The van der Waals surface area contributed by atoms with E-state index < -0.39 is 0 Å². The van der Waals surface area contributed by atoms with Crippen LogP contribution in [0.5, 0.6) is 0 Å². The molecule has 0 bridgehead atoms. The lowest BCUT2D eigenvalue weighted by atomic mass is 10.2. The summed E-state index contributed by atoms with van der Waals surface area (Å²) >= 11 is 5.62. The maximum Gasteiger partial charge on any atom is 0.330 e. The van der Waals surface area contributed by atoms with Crippen LogP contribution in [-0.4, -0.2) is 30.2 Å². The summed E-state index contributed by atoms with van der Waals surface area (Å²) in [5.74, 6) is 0.234. The highest BCUT2D eigenvalue weighted by molar-refractivity contribution is 6.29. The molecular formula is C10H16ClNO2. The molecule has 0 saturated carbocycles. The molecule has 0 spiro atoms. The van der Waals surface area contributed by atoms with Gasteiger partial charge in [-0.15, -0.1) is 11.6 Å². The van der Waals surface area contributed by atoms with Crippen molar-refractivity contribution in [3.8, 4) is 0 Å². The number of esters is 1. The molecule has 0 saturated heterocycles. The normalized spacial score (nSPS) is 20.7. The summed E-state index contributed by atoms with van der Waals surface area (Å²) in [5.41, 5.74) is 0.920. The molecule has 1 aliphatic heterocycles. The van der Waals surface area contributed by atoms with Gasteiger partial charge in [0, 0.05) is 5.71 Å². The molecule has 4 heteroatoms. The largest absolute Gasteiger partial charge is 0.464 e. The molecule has 0 N–H and O–H groups in total. The van der Waals surface area contributed by atoms with Crippen LogP contribution in [-0.2, 0) is 9.53 Å². The molecule has 0 aliphatic carbocycles. The highest BCUT2D eigenvalue weighted by Gasteiger charge is 2.24. The van der Waals surface area contributed by atoms with E-state index in [0.29, 0.717) is 12.5 Å². The topological polar surface area (TPSA) is 38.7 Å². The molecule has 1 aliphatic rings. The lowest BCUT2D eigenvalue weighted by Gasteiger charge is -2.06. The van der Waals surface area contributed by atoms with Crippen molar-refractivity contribution in [3.63, 3.8) is 0 Å². The molecule has 0 aromatic heterocycles. The number of hydrogen-bond donors (Lipinski definition) is 0. The molecule has 0 radical (unpaired) electrons. The maximum atomic E-state index is 11.4. The molecule has 0 fully saturated rings. The zero-order chi connectivity index (χ0) is 10.4. The summed E-state index contributed by atoms with van der Waals surface area (Å²) in [6, 6.07) is -0.291. The third-order valence-corrected chi connectivity index (χ3v) is 2.52. The number of nitrogens with zero attached hydrogens (tertiary/aromatic N) is 1. The van der Waals surface area contributed by atoms with Gasteiger partial charge in [-0.1, -0.05) is 13.3 Å². The fourth-order valence-electron chi connectivity index (χ4n) is 1.34. The van der Waals surface area contributed by atoms with E-state index in [1.54, 1.807) is 0 Å². The molecule has 3 nitrogen and oxygen atoms in total. The van der Waals surface area contributed by atoms with Crippen LogP contribution in [0.2, 0.25) is 0 Å². The zero-order valence-corrected chi connectivity index (χ0v) is 9.22. The number of ether oxygens (including phenoxy) is 1. The average Bonchev–Trinajstić information content (AvgIpc) is 2.66. The molecule has 1 unspecified atom stereocenters. The van der Waals surface area contributed by atoms with Crippen molar-refractivity contribution in [2.75, 3.05) is 12.5 Å². The van der Waals surface area contributed by atoms with Crippen LogP contribution in [0, 0.1) is 0 Å². The number of carbonyl (C=O) groups excluding carboxylic acids is 1. The van der Waals surface area contributed by atoms with Gasteiger partial charge >= 0.3 is 5.97 Å². The van der Waals surface area contributed by atoms with Gasteiger partial charge in [-0.2, -0.15) is 0 Å². The Balaban J connectivity index is 2.28. The van der Waals surface area contributed by atoms with Crippen LogP contribution in [0.25, 0.3) is 0 Å². The van der Waals surface area contributed by atoms with Gasteiger partial charge in [-0.25, -0.2) is 4.79 Å². The molecule has 0 amide bonds. The van der Waals surface area contributed by atoms with E-state index in [1.165, 1.54) is 0 Å². The molecule has 0 aromatic carbocycles. The number of carbonyl (C=O) groups is 1. The van der Waals surface area contributed by atoms with Gasteiger partial charge in [0.15, 0.2) is 0 Å². The smallest absolute Gasteiger partial charge is 0.330 e. The van der Waals surface area contributed by atoms with Crippen molar-refractivity contribution in [3.05, 3.63) is 0 Å². The first-order valence-corrected chi connectivity index (χ1v) is 5.59. The van der Waals surface area contributed by atoms with Gasteiger partial charge in [-0.05, 0) is 19.3 Å². The molecule has 0 aromatic rings. The minimum absolute atomic E-state index is 0.196. The summed E-state index contributed by atoms with van der Waals surface area (Å²) in [6.07, 6.45) is 3.54. The van der Waals surface area contributed by atoms with E-state index in [1.807, 2.05) is 0 Å². The van der Waals surface area contributed by atoms with Gasteiger partial charge in [0.1, 0.15) is 6.04 Å². The summed E-state index contributed by atoms with van der Waals surface area (Å²) in [4.78, 5) is 15.6. The van der Waals surface area contributed by atoms with Gasteiger partial charge in [0.2, 0.25) is 0 Å². The van der Waals surface area contributed by atoms with Crippen molar-refractivity contribution >= 4 is 23.3 Å². The summed E-state index contributed by atoms with van der Waals surface area (Å²) in [7, 11) is 0. The molecular weight excluding hydrogens is 202 g/mol. The highest BCUT2D eigenvalue weighted by Crippen LogP contribution is 2.15. The van der Waals surface area contributed by atoms with E-state index in [9.17, 15) is 4.79 Å². The SMILES string of the molecule is CCCCOC(=O)C1CCC(CCl)=N1. The van der Waals surface area contributed by atoms with Gasteiger partial charge in [0.25, 0.3) is 0 Å². The minimum Gasteiger partial charge on any atom is -0.464 e.